The predicted molar refractivity (Wildman–Crippen MR) is 37.3 cm³/mol. The lowest BCUT2D eigenvalue weighted by atomic mass is 10.3. The van der Waals surface area contributed by atoms with Crippen LogP contribution in [0.4, 0.5) is 0 Å². The molecule has 0 saturated carbocycles. The van der Waals surface area contributed by atoms with Crippen LogP contribution in [-0.4, -0.2) is 18.0 Å². The Morgan fingerprint density at radius 1 is 1.60 bits per heavy atom. The molecule has 0 spiro atoms. The van der Waals surface area contributed by atoms with E-state index in [1.807, 2.05) is 0 Å². The molecule has 0 aromatic carbocycles. The summed E-state index contributed by atoms with van der Waals surface area (Å²) in [7, 11) is 0. The van der Waals surface area contributed by atoms with Crippen LogP contribution in [0.1, 0.15) is 6.42 Å². The van der Waals surface area contributed by atoms with Crippen LogP contribution in [0.5, 0.6) is 0 Å². The molecule has 0 aliphatic heterocycles. The number of carbonyl (C=O) groups is 2. The highest BCUT2D eigenvalue weighted by Crippen LogP contribution is 1.94. The van der Waals surface area contributed by atoms with Crippen molar-refractivity contribution in [3.63, 3.8) is 0 Å². The van der Waals surface area contributed by atoms with Gasteiger partial charge in [0, 0.05) is 5.97 Å². The van der Waals surface area contributed by atoms with E-state index in [1.165, 1.54) is 23.2 Å². The maximum Gasteiger partial charge on any atom is 0.161 e. The third-order valence-corrected chi connectivity index (χ3v) is 1.12. The molecule has 3 nitrogen and oxygen atoms in total. The van der Waals surface area contributed by atoms with Crippen molar-refractivity contribution in [3.8, 4) is 0 Å². The van der Waals surface area contributed by atoms with E-state index in [0.717, 1.165) is 0 Å². The molecule has 4 heteroatoms. The van der Waals surface area contributed by atoms with E-state index < -0.39 is 18.2 Å². The Balaban J connectivity index is 3.64. The highest BCUT2D eigenvalue weighted by Gasteiger charge is 1.94. The first kappa shape index (κ1) is 9.23. The molecule has 0 aliphatic rings. The molecule has 0 N–H and O–H groups in total. The van der Waals surface area contributed by atoms with Crippen molar-refractivity contribution in [2.24, 2.45) is 0 Å². The summed E-state index contributed by atoms with van der Waals surface area (Å²) in [5.74, 6) is -1.77. The molecular weight excluding hydrogens is 152 g/mol. The summed E-state index contributed by atoms with van der Waals surface area (Å²) in [6.45, 7) is 0. The second kappa shape index (κ2) is 5.05. The van der Waals surface area contributed by atoms with E-state index in [0.29, 0.717) is 0 Å². The van der Waals surface area contributed by atoms with Gasteiger partial charge in [0.2, 0.25) is 0 Å². The van der Waals surface area contributed by atoms with Crippen molar-refractivity contribution < 1.29 is 14.7 Å². The topological polar surface area (TPSA) is 57.2 Å². The smallest absolute Gasteiger partial charge is 0.161 e. The summed E-state index contributed by atoms with van der Waals surface area (Å²) < 4.78 is 0. The summed E-state index contributed by atoms with van der Waals surface area (Å²) in [5, 5.41) is 11.3. The number of allylic oxidation sites excluding steroid dienone is 1. The zero-order valence-corrected chi connectivity index (χ0v) is 6.31. The van der Waals surface area contributed by atoms with Gasteiger partial charge in [-0.1, -0.05) is 0 Å². The van der Waals surface area contributed by atoms with Gasteiger partial charge in [0.05, 0.1) is 6.42 Å². The van der Waals surface area contributed by atoms with Gasteiger partial charge >= 0.3 is 0 Å². The number of ketones is 1. The Morgan fingerprint density at radius 2 is 2.20 bits per heavy atom. The number of rotatable bonds is 4. The van der Waals surface area contributed by atoms with Gasteiger partial charge in [-0.2, -0.15) is 0 Å². The van der Waals surface area contributed by atoms with E-state index in [1.54, 1.807) is 6.26 Å². The van der Waals surface area contributed by atoms with Gasteiger partial charge in [0.15, 0.2) is 5.78 Å². The third kappa shape index (κ3) is 5.37. The zero-order valence-electron chi connectivity index (χ0n) is 5.49. The lowest BCUT2D eigenvalue weighted by molar-refractivity contribution is -0.304. The Hall–Kier alpha value is -0.770. The average Bonchev–Trinajstić information content (AvgIpc) is 1.82. The van der Waals surface area contributed by atoms with E-state index in [2.05, 4.69) is 0 Å². The summed E-state index contributed by atoms with van der Waals surface area (Å²) in [6.07, 6.45) is 2.47. The summed E-state index contributed by atoms with van der Waals surface area (Å²) in [6, 6.07) is 0. The van der Waals surface area contributed by atoms with Gasteiger partial charge in [-0.05, 0) is 17.7 Å². The molecule has 0 heterocycles. The Labute approximate surface area is 63.1 Å². The summed E-state index contributed by atoms with van der Waals surface area (Å²) in [4.78, 5) is 20.3. The van der Waals surface area contributed by atoms with E-state index >= 15 is 0 Å². The monoisotopic (exact) mass is 159 g/mol. The zero-order chi connectivity index (χ0) is 7.98. The minimum absolute atomic E-state index is 0.436. The Bertz CT molecular complexity index is 162. The molecule has 56 valence electrons. The molecule has 0 fully saturated rings. The lowest BCUT2D eigenvalue weighted by Crippen LogP contribution is -2.24. The molecule has 0 radical (unpaired) electrons. The molecule has 0 aliphatic carbocycles. The highest BCUT2D eigenvalue weighted by molar-refractivity contribution is 8.01. The number of carboxylic acids is 1. The largest absolute Gasteiger partial charge is 0.550 e. The van der Waals surface area contributed by atoms with Crippen LogP contribution in [0.2, 0.25) is 0 Å². The molecule has 0 saturated heterocycles. The number of hydrogen-bond acceptors (Lipinski definition) is 4. The first-order chi connectivity index (χ1) is 4.66. The number of aliphatic carboxylic acids is 1. The maximum atomic E-state index is 10.5. The van der Waals surface area contributed by atoms with Gasteiger partial charge in [-0.15, -0.1) is 11.8 Å². The molecule has 0 aromatic heterocycles. The van der Waals surface area contributed by atoms with Crippen molar-refractivity contribution in [2.75, 3.05) is 6.26 Å². The van der Waals surface area contributed by atoms with Crippen LogP contribution in [0.25, 0.3) is 0 Å². The first-order valence-electron chi connectivity index (χ1n) is 2.59. The molecule has 0 unspecified atom stereocenters. The van der Waals surface area contributed by atoms with Crippen LogP contribution in [0.3, 0.4) is 0 Å². The molecule has 0 atom stereocenters. The normalized spacial score (nSPS) is 10.1. The van der Waals surface area contributed by atoms with Crippen molar-refractivity contribution in [1.82, 2.24) is 0 Å². The van der Waals surface area contributed by atoms with Crippen molar-refractivity contribution in [3.05, 3.63) is 11.5 Å². The molecule has 0 bridgehead atoms. The van der Waals surface area contributed by atoms with Crippen LogP contribution in [-0.2, 0) is 9.59 Å². The summed E-state index contributed by atoms with van der Waals surface area (Å²) in [5.41, 5.74) is 0. The van der Waals surface area contributed by atoms with Gasteiger partial charge < -0.3 is 9.90 Å². The number of thioether (sulfide) groups is 1. The molecule has 0 rings (SSSR count). The fraction of sp³-hybridized carbons (Fsp3) is 0.333. The van der Waals surface area contributed by atoms with Crippen LogP contribution >= 0.6 is 11.8 Å². The van der Waals surface area contributed by atoms with E-state index in [-0.39, 0.29) is 0 Å². The van der Waals surface area contributed by atoms with Gasteiger partial charge in [0.1, 0.15) is 0 Å². The third-order valence-electron chi connectivity index (χ3n) is 0.709. The standard InChI is InChI=1S/C6H8O3S/c1-10-3-2-5(7)4-6(8)9/h2-3H,4H2,1H3,(H,8,9)/p-1/b3-2+. The van der Waals surface area contributed by atoms with Crippen molar-refractivity contribution >= 4 is 23.5 Å². The van der Waals surface area contributed by atoms with E-state index in [9.17, 15) is 14.7 Å². The Kier molecular flexibility index (Phi) is 4.66. The maximum absolute atomic E-state index is 10.5. The average molecular weight is 159 g/mol. The number of carbonyl (C=O) groups excluding carboxylic acids is 2. The second-order valence-corrected chi connectivity index (χ2v) is 2.30. The van der Waals surface area contributed by atoms with Gasteiger partial charge in [0.25, 0.3) is 0 Å². The SMILES string of the molecule is CS/C=C/C(=O)CC(=O)[O-]. The van der Waals surface area contributed by atoms with Crippen LogP contribution < -0.4 is 5.11 Å². The fourth-order valence-electron chi connectivity index (χ4n) is 0.345. The van der Waals surface area contributed by atoms with Gasteiger partial charge in [-0.25, -0.2) is 0 Å². The number of hydrogen-bond donors (Lipinski definition) is 0. The second-order valence-electron chi connectivity index (χ2n) is 1.55. The predicted octanol–water partition coefficient (Wildman–Crippen LogP) is -0.428. The molecule has 0 amide bonds. The molecule has 0 aromatic rings. The fourth-order valence-corrected chi connectivity index (χ4v) is 0.633. The first-order valence-corrected chi connectivity index (χ1v) is 3.87. The van der Waals surface area contributed by atoms with Crippen molar-refractivity contribution in [1.29, 1.82) is 0 Å². The van der Waals surface area contributed by atoms with Gasteiger partial charge in [-0.3, -0.25) is 4.79 Å². The van der Waals surface area contributed by atoms with E-state index in [4.69, 9.17) is 0 Å². The molecule has 10 heavy (non-hydrogen) atoms. The highest BCUT2D eigenvalue weighted by atomic mass is 32.2. The lowest BCUT2D eigenvalue weighted by Gasteiger charge is -1.94. The molecular formula is C6H7O3S-. The van der Waals surface area contributed by atoms with Crippen LogP contribution in [0.15, 0.2) is 11.5 Å². The van der Waals surface area contributed by atoms with Crippen LogP contribution in [0, 0.1) is 0 Å². The minimum Gasteiger partial charge on any atom is -0.550 e. The summed E-state index contributed by atoms with van der Waals surface area (Å²) >= 11 is 1.34. The quantitative estimate of drug-likeness (QED) is 0.412. The van der Waals surface area contributed by atoms with Crippen molar-refractivity contribution in [2.45, 2.75) is 6.42 Å². The number of carboxylic acid groups (broad SMARTS) is 1. The minimum atomic E-state index is -1.34. The Morgan fingerprint density at radius 3 is 2.60 bits per heavy atom.